The third kappa shape index (κ3) is 4.60. The molecular weight excluding hydrogens is 685 g/mol. The molecule has 0 aliphatic heterocycles. The molecule has 0 aliphatic carbocycles. The Balaban J connectivity index is 1.10. The Bertz CT molecular complexity index is 3480. The molecule has 4 heteroatoms. The topological polar surface area (TPSA) is 34.5 Å². The molecule has 0 spiro atoms. The van der Waals surface area contributed by atoms with Crippen LogP contribution in [0.25, 0.3) is 93.3 Å². The van der Waals surface area contributed by atoms with Crippen molar-refractivity contribution in [3.05, 3.63) is 194 Å². The Hall–Kier alpha value is -7.56. The SMILES string of the molecule is c1ccc(N(c2ccc(-n3c4ccccc4c4c(-c5ccc6c(c5)oc5ccccc56)c5c(cc43)oc3ccccc35)cc2)c2ccc3ccccc3c2)cc1. The minimum atomic E-state index is 0.852. The van der Waals surface area contributed by atoms with Gasteiger partial charge in [0.25, 0.3) is 0 Å². The first-order chi connectivity index (χ1) is 27.8. The van der Waals surface area contributed by atoms with E-state index in [0.29, 0.717) is 0 Å². The van der Waals surface area contributed by atoms with Crippen molar-refractivity contribution in [2.24, 2.45) is 0 Å². The van der Waals surface area contributed by atoms with Gasteiger partial charge in [0.15, 0.2) is 0 Å². The molecule has 0 saturated heterocycles. The Morgan fingerprint density at radius 1 is 0.357 bits per heavy atom. The van der Waals surface area contributed by atoms with E-state index in [4.69, 9.17) is 8.83 Å². The van der Waals surface area contributed by atoms with Crippen molar-refractivity contribution in [3.63, 3.8) is 0 Å². The van der Waals surface area contributed by atoms with Crippen molar-refractivity contribution in [2.45, 2.75) is 0 Å². The number of rotatable bonds is 5. The van der Waals surface area contributed by atoms with E-state index in [1.54, 1.807) is 0 Å². The third-order valence-electron chi connectivity index (χ3n) is 11.3. The lowest BCUT2D eigenvalue weighted by molar-refractivity contribution is 0.668. The van der Waals surface area contributed by atoms with Crippen LogP contribution in [0.2, 0.25) is 0 Å². The molecule has 3 aromatic heterocycles. The molecule has 4 nitrogen and oxygen atoms in total. The molecule has 262 valence electrons. The fraction of sp³-hybridized carbons (Fsp3) is 0. The van der Waals surface area contributed by atoms with Gasteiger partial charge in [0.2, 0.25) is 0 Å². The standard InChI is InChI=1S/C52H32N2O2/c1-2-14-36(15-3-1)53(39-24-22-33-12-4-5-13-34(33)30-39)37-25-27-38(28-26-37)54-44-19-9-6-17-42(44)51-45(54)32-49-52(43-18-8-11-21-47(43)56-49)50(51)35-23-29-41-40-16-7-10-20-46(40)55-48(41)31-35/h1-32H. The summed E-state index contributed by atoms with van der Waals surface area (Å²) >= 11 is 0. The van der Waals surface area contributed by atoms with Crippen molar-refractivity contribution in [1.82, 2.24) is 4.57 Å². The molecule has 3 heterocycles. The van der Waals surface area contributed by atoms with Gasteiger partial charge in [-0.3, -0.25) is 0 Å². The molecule has 56 heavy (non-hydrogen) atoms. The van der Waals surface area contributed by atoms with Crippen LogP contribution in [0.5, 0.6) is 0 Å². The van der Waals surface area contributed by atoms with Crippen LogP contribution in [0.4, 0.5) is 17.1 Å². The van der Waals surface area contributed by atoms with E-state index in [2.05, 4.69) is 185 Å². The van der Waals surface area contributed by atoms with Crippen LogP contribution in [-0.2, 0) is 0 Å². The number of hydrogen-bond donors (Lipinski definition) is 0. The molecule has 0 fully saturated rings. The van der Waals surface area contributed by atoms with Gasteiger partial charge in [0.05, 0.1) is 11.0 Å². The molecule has 0 radical (unpaired) electrons. The number of nitrogens with zero attached hydrogens (tertiary/aromatic N) is 2. The zero-order valence-electron chi connectivity index (χ0n) is 30.2. The second-order valence-electron chi connectivity index (χ2n) is 14.5. The van der Waals surface area contributed by atoms with E-state index in [0.717, 1.165) is 88.8 Å². The predicted octanol–water partition coefficient (Wildman–Crippen LogP) is 14.9. The first-order valence-electron chi connectivity index (χ1n) is 19.0. The van der Waals surface area contributed by atoms with Crippen LogP contribution in [0.3, 0.4) is 0 Å². The quantitative estimate of drug-likeness (QED) is 0.178. The maximum absolute atomic E-state index is 6.68. The first-order valence-corrected chi connectivity index (χ1v) is 19.0. The number of furan rings is 2. The molecular formula is C52H32N2O2. The molecule has 12 aromatic rings. The summed E-state index contributed by atoms with van der Waals surface area (Å²) in [7, 11) is 0. The maximum Gasteiger partial charge on any atom is 0.138 e. The number of benzene rings is 9. The highest BCUT2D eigenvalue weighted by molar-refractivity contribution is 6.27. The molecule has 0 amide bonds. The Kier molecular flexibility index (Phi) is 6.60. The summed E-state index contributed by atoms with van der Waals surface area (Å²) in [6, 6.07) is 69.0. The van der Waals surface area contributed by atoms with Gasteiger partial charge in [-0.05, 0) is 95.2 Å². The second-order valence-corrected chi connectivity index (χ2v) is 14.5. The maximum atomic E-state index is 6.68. The van der Waals surface area contributed by atoms with E-state index < -0.39 is 0 Å². The minimum absolute atomic E-state index is 0.852. The number of para-hydroxylation sites is 4. The van der Waals surface area contributed by atoms with E-state index in [1.807, 2.05) is 18.2 Å². The predicted molar refractivity (Wildman–Crippen MR) is 233 cm³/mol. The van der Waals surface area contributed by atoms with E-state index in [-0.39, 0.29) is 0 Å². The van der Waals surface area contributed by atoms with Gasteiger partial charge in [0, 0.05) is 66.7 Å². The van der Waals surface area contributed by atoms with Gasteiger partial charge in [-0.2, -0.15) is 0 Å². The van der Waals surface area contributed by atoms with Gasteiger partial charge < -0.3 is 18.3 Å². The normalized spacial score (nSPS) is 11.9. The Morgan fingerprint density at radius 2 is 0.982 bits per heavy atom. The Labute approximate surface area is 321 Å². The van der Waals surface area contributed by atoms with Gasteiger partial charge >= 0.3 is 0 Å². The number of anilines is 3. The molecule has 9 aromatic carbocycles. The number of aromatic nitrogens is 1. The fourth-order valence-corrected chi connectivity index (χ4v) is 8.87. The van der Waals surface area contributed by atoms with Crippen molar-refractivity contribution in [2.75, 3.05) is 4.90 Å². The van der Waals surface area contributed by atoms with Crippen LogP contribution < -0.4 is 4.90 Å². The zero-order valence-corrected chi connectivity index (χ0v) is 30.2. The average molecular weight is 717 g/mol. The summed E-state index contributed by atoms with van der Waals surface area (Å²) in [5.41, 5.74) is 12.3. The largest absolute Gasteiger partial charge is 0.456 e. The van der Waals surface area contributed by atoms with Gasteiger partial charge in [-0.15, -0.1) is 0 Å². The third-order valence-corrected chi connectivity index (χ3v) is 11.3. The smallest absolute Gasteiger partial charge is 0.138 e. The summed E-state index contributed by atoms with van der Waals surface area (Å²) in [6.07, 6.45) is 0. The van der Waals surface area contributed by atoms with Crippen molar-refractivity contribution < 1.29 is 8.83 Å². The van der Waals surface area contributed by atoms with Crippen molar-refractivity contribution in [1.29, 1.82) is 0 Å². The van der Waals surface area contributed by atoms with Crippen LogP contribution in [0.15, 0.2) is 203 Å². The van der Waals surface area contributed by atoms with Crippen LogP contribution >= 0.6 is 0 Å². The average Bonchev–Trinajstić information content (AvgIpc) is 3.93. The highest BCUT2D eigenvalue weighted by Crippen LogP contribution is 2.47. The van der Waals surface area contributed by atoms with Gasteiger partial charge in [0.1, 0.15) is 22.3 Å². The molecule has 12 rings (SSSR count). The minimum Gasteiger partial charge on any atom is -0.456 e. The highest BCUT2D eigenvalue weighted by Gasteiger charge is 2.24. The molecule has 0 saturated carbocycles. The lowest BCUT2D eigenvalue weighted by Crippen LogP contribution is -2.10. The second kappa shape index (κ2) is 12.0. The molecule has 0 unspecified atom stereocenters. The molecule has 0 aliphatic rings. The summed E-state index contributed by atoms with van der Waals surface area (Å²) in [6.45, 7) is 0. The van der Waals surface area contributed by atoms with E-state index in [1.165, 1.54) is 21.5 Å². The summed E-state index contributed by atoms with van der Waals surface area (Å²) < 4.78 is 15.5. The fourth-order valence-electron chi connectivity index (χ4n) is 8.87. The van der Waals surface area contributed by atoms with Crippen LogP contribution in [0, 0.1) is 0 Å². The monoisotopic (exact) mass is 716 g/mol. The zero-order chi connectivity index (χ0) is 36.7. The Morgan fingerprint density at radius 3 is 1.82 bits per heavy atom. The van der Waals surface area contributed by atoms with Crippen molar-refractivity contribution in [3.8, 4) is 16.8 Å². The van der Waals surface area contributed by atoms with Crippen molar-refractivity contribution >= 4 is 93.5 Å². The highest BCUT2D eigenvalue weighted by atomic mass is 16.3. The number of hydrogen-bond acceptors (Lipinski definition) is 3. The summed E-state index contributed by atoms with van der Waals surface area (Å²) in [5, 5.41) is 9.23. The summed E-state index contributed by atoms with van der Waals surface area (Å²) in [4.78, 5) is 2.33. The number of fused-ring (bicyclic) bond motifs is 10. The van der Waals surface area contributed by atoms with Crippen LogP contribution in [-0.4, -0.2) is 4.57 Å². The van der Waals surface area contributed by atoms with Gasteiger partial charge in [-0.1, -0.05) is 109 Å². The molecule has 0 N–H and O–H groups in total. The van der Waals surface area contributed by atoms with E-state index >= 15 is 0 Å². The lowest BCUT2D eigenvalue weighted by Gasteiger charge is -2.26. The van der Waals surface area contributed by atoms with Crippen LogP contribution in [0.1, 0.15) is 0 Å². The summed E-state index contributed by atoms with van der Waals surface area (Å²) in [5.74, 6) is 0. The van der Waals surface area contributed by atoms with Gasteiger partial charge in [-0.25, -0.2) is 0 Å². The lowest BCUT2D eigenvalue weighted by atomic mass is 9.93. The molecule has 0 bridgehead atoms. The van der Waals surface area contributed by atoms with E-state index in [9.17, 15) is 0 Å². The first kappa shape index (κ1) is 30.9. The molecule has 0 atom stereocenters.